The van der Waals surface area contributed by atoms with Crippen molar-refractivity contribution in [1.29, 1.82) is 10.5 Å². The fourth-order valence-corrected chi connectivity index (χ4v) is 1.98. The van der Waals surface area contributed by atoms with Gasteiger partial charge in [-0.1, -0.05) is 24.0 Å². The molecule has 1 rings (SSSR count). The van der Waals surface area contributed by atoms with Gasteiger partial charge in [0, 0.05) is 6.20 Å². The Morgan fingerprint density at radius 1 is 1.59 bits per heavy atom. The summed E-state index contributed by atoms with van der Waals surface area (Å²) in [6.07, 6.45) is 1.25. The number of nitrogens with two attached hydrogens (primary N) is 1. The standard InChI is InChI=1S/C9H5FN4OS2/c10-7(8(13)15)17-9-5(2-12)6(16)4(1-11)3-14-9/h3,7H,(H2,13,15)(H,14,16). The van der Waals surface area contributed by atoms with Crippen LogP contribution >= 0.6 is 24.0 Å². The number of nitrogens with zero attached hydrogens (tertiary/aromatic N) is 2. The van der Waals surface area contributed by atoms with Crippen molar-refractivity contribution in [3.8, 4) is 12.1 Å². The molecule has 3 N–H and O–H groups in total. The Morgan fingerprint density at radius 2 is 2.24 bits per heavy atom. The highest BCUT2D eigenvalue weighted by atomic mass is 32.2. The van der Waals surface area contributed by atoms with E-state index in [2.05, 4.69) is 4.98 Å². The van der Waals surface area contributed by atoms with E-state index in [9.17, 15) is 9.18 Å². The van der Waals surface area contributed by atoms with E-state index in [4.69, 9.17) is 28.5 Å². The number of nitrogens with one attached hydrogen (secondary N) is 1. The van der Waals surface area contributed by atoms with E-state index in [-0.39, 0.29) is 20.7 Å². The molecule has 5 nitrogen and oxygen atoms in total. The molecule has 0 radical (unpaired) electrons. The highest BCUT2D eigenvalue weighted by Crippen LogP contribution is 2.26. The first-order valence-electron chi connectivity index (χ1n) is 4.17. The van der Waals surface area contributed by atoms with Crippen molar-refractivity contribution in [2.24, 2.45) is 5.73 Å². The van der Waals surface area contributed by atoms with Crippen LogP contribution in [0.15, 0.2) is 11.2 Å². The number of H-pyrrole nitrogens is 1. The Kier molecular flexibility index (Phi) is 4.21. The van der Waals surface area contributed by atoms with Crippen molar-refractivity contribution in [2.45, 2.75) is 10.5 Å². The smallest absolute Gasteiger partial charge is 0.262 e. The molecular weight excluding hydrogens is 263 g/mol. The lowest BCUT2D eigenvalue weighted by Gasteiger charge is -2.06. The number of rotatable bonds is 3. The van der Waals surface area contributed by atoms with E-state index in [1.165, 1.54) is 6.20 Å². The number of hydrogen-bond acceptors (Lipinski definition) is 5. The van der Waals surface area contributed by atoms with Crippen LogP contribution < -0.4 is 5.73 Å². The van der Waals surface area contributed by atoms with Crippen molar-refractivity contribution in [1.82, 2.24) is 4.98 Å². The normalized spacial score (nSPS) is 11.2. The quantitative estimate of drug-likeness (QED) is 0.636. The van der Waals surface area contributed by atoms with Gasteiger partial charge in [0.05, 0.1) is 15.1 Å². The van der Waals surface area contributed by atoms with Gasteiger partial charge in [0.2, 0.25) is 5.50 Å². The Hall–Kier alpha value is -1.90. The third-order valence-corrected chi connectivity index (χ3v) is 3.14. The van der Waals surface area contributed by atoms with E-state index in [1.807, 2.05) is 0 Å². The van der Waals surface area contributed by atoms with Gasteiger partial charge in [-0.25, -0.2) is 4.39 Å². The number of pyridine rings is 1. The van der Waals surface area contributed by atoms with Crippen LogP contribution in [0, 0.1) is 27.2 Å². The monoisotopic (exact) mass is 268 g/mol. The summed E-state index contributed by atoms with van der Waals surface area (Å²) >= 11 is 5.32. The van der Waals surface area contributed by atoms with Crippen LogP contribution in [-0.4, -0.2) is 16.4 Å². The molecule has 0 saturated heterocycles. The average molecular weight is 268 g/mol. The lowest BCUT2D eigenvalue weighted by Crippen LogP contribution is -2.21. The van der Waals surface area contributed by atoms with Crippen LogP contribution in [0.3, 0.4) is 0 Å². The van der Waals surface area contributed by atoms with E-state index in [0.717, 1.165) is 0 Å². The fourth-order valence-electron chi connectivity index (χ4n) is 0.952. The number of carbonyl (C=O) groups is 1. The molecule has 0 spiro atoms. The number of aromatic nitrogens is 1. The van der Waals surface area contributed by atoms with Gasteiger partial charge in [-0.05, 0) is 0 Å². The molecule has 1 aromatic rings. The molecule has 0 aromatic carbocycles. The summed E-state index contributed by atoms with van der Waals surface area (Å²) < 4.78 is 13.1. The zero-order valence-corrected chi connectivity index (χ0v) is 9.86. The summed E-state index contributed by atoms with van der Waals surface area (Å²) in [6.45, 7) is 0. The number of carbonyl (C=O) groups excluding carboxylic acids is 1. The molecular formula is C9H5FN4OS2. The number of aromatic amines is 1. The van der Waals surface area contributed by atoms with Gasteiger partial charge < -0.3 is 10.7 Å². The lowest BCUT2D eigenvalue weighted by molar-refractivity contribution is -0.119. The van der Waals surface area contributed by atoms with Gasteiger partial charge in [-0.2, -0.15) is 10.5 Å². The van der Waals surface area contributed by atoms with Crippen LogP contribution in [0.4, 0.5) is 4.39 Å². The van der Waals surface area contributed by atoms with Gasteiger partial charge >= 0.3 is 0 Å². The largest absolute Gasteiger partial charge is 0.366 e. The number of primary amides is 1. The molecule has 0 aliphatic carbocycles. The van der Waals surface area contributed by atoms with E-state index in [1.54, 1.807) is 12.1 Å². The molecule has 8 heteroatoms. The minimum atomic E-state index is -1.99. The summed E-state index contributed by atoms with van der Waals surface area (Å²) in [5.41, 5.74) is 2.83. The lowest BCUT2D eigenvalue weighted by atomic mass is 10.2. The van der Waals surface area contributed by atoms with Crippen molar-refractivity contribution in [3.05, 3.63) is 21.8 Å². The molecule has 1 unspecified atom stereocenters. The molecule has 1 aromatic heterocycles. The van der Waals surface area contributed by atoms with Gasteiger partial charge in [0.15, 0.2) is 0 Å². The topological polar surface area (TPSA) is 106 Å². The molecule has 0 aliphatic heterocycles. The average Bonchev–Trinajstić information content (AvgIpc) is 2.29. The highest BCUT2D eigenvalue weighted by Gasteiger charge is 2.19. The predicted molar refractivity (Wildman–Crippen MR) is 61.0 cm³/mol. The van der Waals surface area contributed by atoms with Crippen molar-refractivity contribution < 1.29 is 9.18 Å². The summed E-state index contributed by atoms with van der Waals surface area (Å²) in [6, 6.07) is 3.55. The van der Waals surface area contributed by atoms with Gasteiger partial charge in [0.1, 0.15) is 17.7 Å². The molecule has 0 saturated carbocycles. The second kappa shape index (κ2) is 5.43. The molecule has 1 heterocycles. The number of halogens is 1. The molecule has 1 atom stereocenters. The Bertz CT molecular complexity index is 598. The Labute approximate surface area is 105 Å². The third-order valence-electron chi connectivity index (χ3n) is 1.72. The molecule has 17 heavy (non-hydrogen) atoms. The zero-order chi connectivity index (χ0) is 13.0. The molecule has 86 valence electrons. The Morgan fingerprint density at radius 3 is 2.71 bits per heavy atom. The maximum absolute atomic E-state index is 13.1. The molecule has 0 aliphatic rings. The van der Waals surface area contributed by atoms with Crippen molar-refractivity contribution >= 4 is 29.9 Å². The number of thioether (sulfide) groups is 1. The molecule has 0 fully saturated rings. The summed E-state index contributed by atoms with van der Waals surface area (Å²) in [4.78, 5) is 13.1. The second-order valence-corrected chi connectivity index (χ2v) is 4.26. The number of nitriles is 2. The summed E-state index contributed by atoms with van der Waals surface area (Å²) in [5.74, 6) is -1.15. The van der Waals surface area contributed by atoms with Crippen LogP contribution in [0.25, 0.3) is 0 Å². The molecule has 0 bridgehead atoms. The summed E-state index contributed by atoms with van der Waals surface area (Å²) in [5, 5.41) is 17.6. The first kappa shape index (κ1) is 13.2. The number of hydrogen-bond donors (Lipinski definition) is 2. The predicted octanol–water partition coefficient (Wildman–Crippen LogP) is 1.36. The Balaban J connectivity index is 3.25. The fraction of sp³-hybridized carbons (Fsp3) is 0.111. The van der Waals surface area contributed by atoms with Gasteiger partial charge in [-0.3, -0.25) is 4.79 Å². The van der Waals surface area contributed by atoms with Crippen molar-refractivity contribution in [3.63, 3.8) is 0 Å². The maximum atomic E-state index is 13.1. The first-order chi connectivity index (χ1) is 8.01. The zero-order valence-electron chi connectivity index (χ0n) is 8.23. The minimum Gasteiger partial charge on any atom is -0.366 e. The molecule has 1 amide bonds. The van der Waals surface area contributed by atoms with E-state index in [0.29, 0.717) is 11.8 Å². The van der Waals surface area contributed by atoms with Crippen molar-refractivity contribution in [2.75, 3.05) is 0 Å². The van der Waals surface area contributed by atoms with E-state index < -0.39 is 11.4 Å². The maximum Gasteiger partial charge on any atom is 0.262 e. The van der Waals surface area contributed by atoms with Crippen LogP contribution in [0.5, 0.6) is 0 Å². The third kappa shape index (κ3) is 2.81. The van der Waals surface area contributed by atoms with E-state index >= 15 is 0 Å². The van der Waals surface area contributed by atoms with Crippen LogP contribution in [0.1, 0.15) is 11.1 Å². The minimum absolute atomic E-state index is 0.0212. The highest BCUT2D eigenvalue weighted by molar-refractivity contribution is 8.00. The van der Waals surface area contributed by atoms with Gasteiger partial charge in [0.25, 0.3) is 5.91 Å². The second-order valence-electron chi connectivity index (χ2n) is 2.80. The number of alkyl halides is 1. The SMILES string of the molecule is N#Cc1c[nH]c(SC(F)C(N)=O)c(C#N)c1=S. The number of amides is 1. The first-order valence-corrected chi connectivity index (χ1v) is 5.46. The summed E-state index contributed by atoms with van der Waals surface area (Å²) in [7, 11) is 0. The van der Waals surface area contributed by atoms with Gasteiger partial charge in [-0.15, -0.1) is 0 Å². The van der Waals surface area contributed by atoms with Crippen LogP contribution in [0.2, 0.25) is 0 Å². The van der Waals surface area contributed by atoms with Crippen LogP contribution in [-0.2, 0) is 4.79 Å².